The van der Waals surface area contributed by atoms with Crippen molar-refractivity contribution in [3.63, 3.8) is 0 Å². The van der Waals surface area contributed by atoms with Crippen molar-refractivity contribution in [1.29, 1.82) is 0 Å². The van der Waals surface area contributed by atoms with Gasteiger partial charge in [0.05, 0.1) is 0 Å². The molecule has 27 heavy (non-hydrogen) atoms. The van der Waals surface area contributed by atoms with Crippen molar-refractivity contribution in [2.45, 2.75) is 78.1 Å². The van der Waals surface area contributed by atoms with Crippen molar-refractivity contribution in [2.24, 2.45) is 17.8 Å². The van der Waals surface area contributed by atoms with Crippen LogP contribution in [0.3, 0.4) is 0 Å². The zero-order valence-corrected chi connectivity index (χ0v) is 17.7. The molecule has 0 saturated heterocycles. The van der Waals surface area contributed by atoms with Crippen LogP contribution in [-0.4, -0.2) is 0 Å². The Hall–Kier alpha value is -1.56. The van der Waals surface area contributed by atoms with Crippen LogP contribution in [0.15, 0.2) is 54.6 Å². The van der Waals surface area contributed by atoms with Crippen LogP contribution < -0.4 is 0 Å². The van der Waals surface area contributed by atoms with E-state index < -0.39 is 0 Å². The topological polar surface area (TPSA) is 0 Å². The van der Waals surface area contributed by atoms with Crippen LogP contribution in [0, 0.1) is 17.8 Å². The summed E-state index contributed by atoms with van der Waals surface area (Å²) in [6.07, 6.45) is 22.4. The van der Waals surface area contributed by atoms with Gasteiger partial charge >= 0.3 is 0 Å². The van der Waals surface area contributed by atoms with Gasteiger partial charge in [-0.05, 0) is 73.0 Å². The molecule has 0 amide bonds. The number of hydrogen-bond acceptors (Lipinski definition) is 0. The van der Waals surface area contributed by atoms with Crippen LogP contribution in [0.1, 0.15) is 89.2 Å². The van der Waals surface area contributed by atoms with Crippen molar-refractivity contribution in [2.75, 3.05) is 0 Å². The van der Waals surface area contributed by atoms with Gasteiger partial charge in [-0.25, -0.2) is 0 Å². The molecule has 0 N–H and O–H groups in total. The van der Waals surface area contributed by atoms with Gasteiger partial charge in [-0.3, -0.25) is 0 Å². The Balaban J connectivity index is 1.65. The monoisotopic (exact) mass is 362 g/mol. The van der Waals surface area contributed by atoms with E-state index in [0.29, 0.717) is 0 Å². The molecular weight excluding hydrogens is 324 g/mol. The highest BCUT2D eigenvalue weighted by molar-refractivity contribution is 5.75. The van der Waals surface area contributed by atoms with E-state index in [9.17, 15) is 0 Å². The normalized spacial score (nSPS) is 30.3. The Morgan fingerprint density at radius 1 is 0.815 bits per heavy atom. The molecule has 2 saturated carbocycles. The third kappa shape index (κ3) is 5.96. The van der Waals surface area contributed by atoms with Crippen LogP contribution in [-0.2, 0) is 0 Å². The molecular formula is C27H38. The van der Waals surface area contributed by atoms with Gasteiger partial charge < -0.3 is 0 Å². The van der Waals surface area contributed by atoms with Gasteiger partial charge in [0, 0.05) is 0 Å². The minimum Gasteiger partial charge on any atom is -0.0870 e. The molecule has 1 aromatic carbocycles. The number of rotatable bonds is 5. The first-order valence-electron chi connectivity index (χ1n) is 11.3. The third-order valence-corrected chi connectivity index (χ3v) is 6.80. The number of allylic oxidation sites excluding steroid dienone is 6. The second-order valence-electron chi connectivity index (χ2n) is 9.11. The summed E-state index contributed by atoms with van der Waals surface area (Å²) in [7, 11) is 0. The van der Waals surface area contributed by atoms with Gasteiger partial charge in [0.2, 0.25) is 0 Å². The van der Waals surface area contributed by atoms with Crippen LogP contribution >= 0.6 is 0 Å². The van der Waals surface area contributed by atoms with Gasteiger partial charge in [0.1, 0.15) is 0 Å². The standard InChI is InChI=1S/C27H38/c1-4-6-24(8-5-7-23-13-9-21(2)10-14-23)26-17-19-27(20-18-26)25-15-11-22(3)12-16-25/h4-8,17-23,25H,9-16H2,1-3H3/b6-4-,7-5+,24-8+. The average Bonchev–Trinajstić information content (AvgIpc) is 2.70. The van der Waals surface area contributed by atoms with E-state index in [1.54, 1.807) is 0 Å². The minimum atomic E-state index is 0.776. The predicted octanol–water partition coefficient (Wildman–Crippen LogP) is 8.32. The van der Waals surface area contributed by atoms with Gasteiger partial charge in [0.15, 0.2) is 0 Å². The quantitative estimate of drug-likeness (QED) is 0.462. The van der Waals surface area contributed by atoms with Crippen molar-refractivity contribution >= 4 is 5.57 Å². The summed E-state index contributed by atoms with van der Waals surface area (Å²) in [5, 5.41) is 0. The minimum absolute atomic E-state index is 0.776. The maximum absolute atomic E-state index is 2.44. The molecule has 0 atom stereocenters. The molecule has 0 heterocycles. The second kappa shape index (κ2) is 10.1. The van der Waals surface area contributed by atoms with Crippen LogP contribution in [0.4, 0.5) is 0 Å². The highest BCUT2D eigenvalue weighted by atomic mass is 14.2. The first-order chi connectivity index (χ1) is 13.2. The molecule has 2 aliphatic carbocycles. The SMILES string of the molecule is C\C=C/C(=C\C=C\C1CCC(C)CC1)c1ccc(C2CCC(C)CC2)cc1. The lowest BCUT2D eigenvalue weighted by atomic mass is 9.79. The summed E-state index contributed by atoms with van der Waals surface area (Å²) < 4.78 is 0. The van der Waals surface area contributed by atoms with E-state index in [4.69, 9.17) is 0 Å². The molecule has 2 aliphatic rings. The van der Waals surface area contributed by atoms with E-state index >= 15 is 0 Å². The first kappa shape index (κ1) is 20.2. The van der Waals surface area contributed by atoms with E-state index in [1.807, 2.05) is 0 Å². The predicted molar refractivity (Wildman–Crippen MR) is 120 cm³/mol. The average molecular weight is 363 g/mol. The smallest absolute Gasteiger partial charge is 0.0162 e. The Bertz CT molecular complexity index is 642. The fourth-order valence-electron chi connectivity index (χ4n) is 4.76. The molecule has 0 bridgehead atoms. The maximum Gasteiger partial charge on any atom is -0.0162 e. The molecule has 0 aliphatic heterocycles. The van der Waals surface area contributed by atoms with Crippen LogP contribution in [0.5, 0.6) is 0 Å². The molecule has 3 rings (SSSR count). The first-order valence-corrected chi connectivity index (χ1v) is 11.3. The van der Waals surface area contributed by atoms with E-state index in [-0.39, 0.29) is 0 Å². The van der Waals surface area contributed by atoms with Gasteiger partial charge in [-0.2, -0.15) is 0 Å². The highest BCUT2D eigenvalue weighted by Crippen LogP contribution is 2.36. The molecule has 0 nitrogen and oxygen atoms in total. The fraction of sp³-hybridized carbons (Fsp3) is 0.556. The molecule has 0 radical (unpaired) electrons. The molecule has 0 spiro atoms. The second-order valence-corrected chi connectivity index (χ2v) is 9.11. The van der Waals surface area contributed by atoms with E-state index in [1.165, 1.54) is 68.1 Å². The van der Waals surface area contributed by atoms with E-state index in [0.717, 1.165) is 23.7 Å². The van der Waals surface area contributed by atoms with Gasteiger partial charge in [-0.15, -0.1) is 0 Å². The highest BCUT2D eigenvalue weighted by Gasteiger charge is 2.19. The Morgan fingerprint density at radius 2 is 1.41 bits per heavy atom. The summed E-state index contributed by atoms with van der Waals surface area (Å²) >= 11 is 0. The van der Waals surface area contributed by atoms with Crippen LogP contribution in [0.25, 0.3) is 5.57 Å². The summed E-state index contributed by atoms with van der Waals surface area (Å²) in [5.74, 6) is 3.40. The molecule has 0 heteroatoms. The summed E-state index contributed by atoms with van der Waals surface area (Å²) in [6.45, 7) is 6.90. The van der Waals surface area contributed by atoms with Crippen molar-refractivity contribution < 1.29 is 0 Å². The summed E-state index contributed by atoms with van der Waals surface area (Å²) in [4.78, 5) is 0. The van der Waals surface area contributed by atoms with Crippen molar-refractivity contribution in [3.8, 4) is 0 Å². The maximum atomic E-state index is 2.44. The largest absolute Gasteiger partial charge is 0.0870 e. The summed E-state index contributed by atoms with van der Waals surface area (Å²) in [6, 6.07) is 9.41. The lowest BCUT2D eigenvalue weighted by Crippen LogP contribution is -2.10. The Labute approximate surface area is 167 Å². The van der Waals surface area contributed by atoms with E-state index in [2.05, 4.69) is 75.4 Å². The molecule has 146 valence electrons. The lowest BCUT2D eigenvalue weighted by Gasteiger charge is -2.26. The Kier molecular flexibility index (Phi) is 7.56. The summed E-state index contributed by atoms with van der Waals surface area (Å²) in [5.41, 5.74) is 4.20. The fourth-order valence-corrected chi connectivity index (χ4v) is 4.76. The molecule has 1 aromatic rings. The number of benzene rings is 1. The Morgan fingerprint density at radius 3 is 2.00 bits per heavy atom. The molecule has 0 unspecified atom stereocenters. The van der Waals surface area contributed by atoms with Crippen molar-refractivity contribution in [1.82, 2.24) is 0 Å². The van der Waals surface area contributed by atoms with Crippen molar-refractivity contribution in [3.05, 3.63) is 65.8 Å². The van der Waals surface area contributed by atoms with Gasteiger partial charge in [-0.1, -0.05) is 94.2 Å². The number of hydrogen-bond donors (Lipinski definition) is 0. The zero-order valence-electron chi connectivity index (χ0n) is 17.7. The zero-order chi connectivity index (χ0) is 19.1. The van der Waals surface area contributed by atoms with Gasteiger partial charge in [0.25, 0.3) is 0 Å². The third-order valence-electron chi connectivity index (χ3n) is 6.80. The lowest BCUT2D eigenvalue weighted by molar-refractivity contribution is 0.330. The molecule has 0 aromatic heterocycles. The molecule has 2 fully saturated rings. The van der Waals surface area contributed by atoms with Crippen LogP contribution in [0.2, 0.25) is 0 Å².